The molecule has 0 radical (unpaired) electrons. The predicted octanol–water partition coefficient (Wildman–Crippen LogP) is 0.888. The number of aliphatic hydroxyl groups is 1. The number of aliphatic hydroxyl groups excluding tert-OH is 1. The SMILES string of the molecule is CCc1[nH]nc(C(=O)N[C@H](CO)Cc2ccccc2)c1N. The Morgan fingerprint density at radius 1 is 1.43 bits per heavy atom. The molecule has 0 saturated carbocycles. The summed E-state index contributed by atoms with van der Waals surface area (Å²) in [7, 11) is 0. The molecule has 1 aromatic heterocycles. The number of nitrogens with one attached hydrogen (secondary N) is 2. The second-order valence-electron chi connectivity index (χ2n) is 4.86. The zero-order valence-electron chi connectivity index (χ0n) is 12.0. The van der Waals surface area contributed by atoms with Gasteiger partial charge >= 0.3 is 0 Å². The van der Waals surface area contributed by atoms with Crippen molar-refractivity contribution in [3.05, 3.63) is 47.3 Å². The lowest BCUT2D eigenvalue weighted by atomic mass is 10.1. The largest absolute Gasteiger partial charge is 0.395 e. The van der Waals surface area contributed by atoms with E-state index in [1.165, 1.54) is 0 Å². The van der Waals surface area contributed by atoms with Crippen LogP contribution in [0.4, 0.5) is 5.69 Å². The van der Waals surface area contributed by atoms with Gasteiger partial charge < -0.3 is 16.2 Å². The number of aryl methyl sites for hydroxylation is 1. The van der Waals surface area contributed by atoms with E-state index in [2.05, 4.69) is 15.5 Å². The van der Waals surface area contributed by atoms with Crippen LogP contribution in [-0.2, 0) is 12.8 Å². The van der Waals surface area contributed by atoms with Gasteiger partial charge in [-0.1, -0.05) is 37.3 Å². The van der Waals surface area contributed by atoms with Crippen LogP contribution in [0.15, 0.2) is 30.3 Å². The zero-order chi connectivity index (χ0) is 15.2. The average molecular weight is 288 g/mol. The highest BCUT2D eigenvalue weighted by molar-refractivity contribution is 5.97. The van der Waals surface area contributed by atoms with E-state index in [0.29, 0.717) is 18.5 Å². The zero-order valence-corrected chi connectivity index (χ0v) is 12.0. The van der Waals surface area contributed by atoms with Crippen LogP contribution in [0, 0.1) is 0 Å². The van der Waals surface area contributed by atoms with Gasteiger partial charge in [-0.15, -0.1) is 0 Å². The van der Waals surface area contributed by atoms with Crippen molar-refractivity contribution < 1.29 is 9.90 Å². The van der Waals surface area contributed by atoms with E-state index in [9.17, 15) is 9.90 Å². The molecule has 0 aliphatic heterocycles. The van der Waals surface area contributed by atoms with Gasteiger partial charge in [-0.05, 0) is 18.4 Å². The summed E-state index contributed by atoms with van der Waals surface area (Å²) in [5.74, 6) is -0.376. The molecule has 0 saturated heterocycles. The van der Waals surface area contributed by atoms with Crippen LogP contribution in [0.3, 0.4) is 0 Å². The fourth-order valence-corrected chi connectivity index (χ4v) is 2.14. The summed E-state index contributed by atoms with van der Waals surface area (Å²) >= 11 is 0. The van der Waals surface area contributed by atoms with Gasteiger partial charge in [0.1, 0.15) is 0 Å². The molecular weight excluding hydrogens is 268 g/mol. The monoisotopic (exact) mass is 288 g/mol. The molecule has 1 atom stereocenters. The number of rotatable bonds is 6. The number of anilines is 1. The van der Waals surface area contributed by atoms with Crippen molar-refractivity contribution in [3.8, 4) is 0 Å². The molecule has 2 rings (SSSR count). The van der Waals surface area contributed by atoms with Crippen molar-refractivity contribution >= 4 is 11.6 Å². The van der Waals surface area contributed by atoms with Crippen LogP contribution in [0.5, 0.6) is 0 Å². The molecule has 6 nitrogen and oxygen atoms in total. The minimum absolute atomic E-state index is 0.147. The van der Waals surface area contributed by atoms with Crippen LogP contribution < -0.4 is 11.1 Å². The summed E-state index contributed by atoms with van der Waals surface area (Å²) in [6, 6.07) is 9.29. The third-order valence-corrected chi connectivity index (χ3v) is 3.33. The van der Waals surface area contributed by atoms with Crippen LogP contribution in [0.25, 0.3) is 0 Å². The van der Waals surface area contributed by atoms with E-state index in [1.54, 1.807) is 0 Å². The number of nitrogen functional groups attached to an aromatic ring is 1. The van der Waals surface area contributed by atoms with Gasteiger partial charge in [-0.25, -0.2) is 0 Å². The van der Waals surface area contributed by atoms with Crippen molar-refractivity contribution in [3.63, 3.8) is 0 Å². The highest BCUT2D eigenvalue weighted by atomic mass is 16.3. The van der Waals surface area contributed by atoms with E-state index >= 15 is 0 Å². The number of benzene rings is 1. The number of carbonyl (C=O) groups is 1. The maximum absolute atomic E-state index is 12.2. The number of aromatic amines is 1. The Morgan fingerprint density at radius 3 is 2.71 bits per heavy atom. The van der Waals surface area contributed by atoms with Gasteiger partial charge in [0.25, 0.3) is 5.91 Å². The number of amides is 1. The molecule has 112 valence electrons. The third kappa shape index (κ3) is 3.61. The summed E-state index contributed by atoms with van der Waals surface area (Å²) in [6.07, 6.45) is 1.23. The minimum atomic E-state index is -0.376. The molecule has 21 heavy (non-hydrogen) atoms. The van der Waals surface area contributed by atoms with Gasteiger partial charge in [0.05, 0.1) is 24.0 Å². The molecule has 0 aliphatic carbocycles. The number of H-pyrrole nitrogens is 1. The maximum Gasteiger partial charge on any atom is 0.274 e. The Labute approximate surface area is 123 Å². The highest BCUT2D eigenvalue weighted by Gasteiger charge is 2.19. The Bertz CT molecular complexity index is 595. The van der Waals surface area contributed by atoms with Crippen molar-refractivity contribution in [1.29, 1.82) is 0 Å². The Morgan fingerprint density at radius 2 is 2.14 bits per heavy atom. The smallest absolute Gasteiger partial charge is 0.274 e. The fraction of sp³-hybridized carbons (Fsp3) is 0.333. The lowest BCUT2D eigenvalue weighted by Crippen LogP contribution is -2.39. The Hall–Kier alpha value is -2.34. The normalized spacial score (nSPS) is 12.1. The van der Waals surface area contributed by atoms with Crippen molar-refractivity contribution in [2.75, 3.05) is 12.3 Å². The minimum Gasteiger partial charge on any atom is -0.395 e. The number of nitrogens with two attached hydrogens (primary N) is 1. The molecule has 0 spiro atoms. The summed E-state index contributed by atoms with van der Waals surface area (Å²) in [6.45, 7) is 1.78. The number of hydrogen-bond acceptors (Lipinski definition) is 4. The van der Waals surface area contributed by atoms with E-state index in [-0.39, 0.29) is 24.2 Å². The predicted molar refractivity (Wildman–Crippen MR) is 80.9 cm³/mol. The third-order valence-electron chi connectivity index (χ3n) is 3.33. The first-order valence-electron chi connectivity index (χ1n) is 6.94. The molecule has 1 aromatic carbocycles. The number of carbonyl (C=O) groups excluding carboxylic acids is 1. The lowest BCUT2D eigenvalue weighted by Gasteiger charge is -2.15. The fourth-order valence-electron chi connectivity index (χ4n) is 2.14. The summed E-state index contributed by atoms with van der Waals surface area (Å²) in [5.41, 5.74) is 8.20. The highest BCUT2D eigenvalue weighted by Crippen LogP contribution is 2.14. The molecule has 0 unspecified atom stereocenters. The topological polar surface area (TPSA) is 104 Å². The number of aromatic nitrogens is 2. The molecular formula is C15H20N4O2. The van der Waals surface area contributed by atoms with Crippen LogP contribution >= 0.6 is 0 Å². The molecule has 0 aliphatic rings. The van der Waals surface area contributed by atoms with Crippen LogP contribution in [0.1, 0.15) is 28.7 Å². The average Bonchev–Trinajstić information content (AvgIpc) is 2.88. The van der Waals surface area contributed by atoms with Crippen LogP contribution in [0.2, 0.25) is 0 Å². The molecule has 0 fully saturated rings. The van der Waals surface area contributed by atoms with Crippen molar-refractivity contribution in [1.82, 2.24) is 15.5 Å². The van der Waals surface area contributed by atoms with E-state index in [0.717, 1.165) is 11.3 Å². The Balaban J connectivity index is 2.04. The Kier molecular flexibility index (Phi) is 4.94. The second kappa shape index (κ2) is 6.90. The van der Waals surface area contributed by atoms with Gasteiger partial charge in [-0.2, -0.15) is 5.10 Å². The van der Waals surface area contributed by atoms with Crippen molar-refractivity contribution in [2.45, 2.75) is 25.8 Å². The van der Waals surface area contributed by atoms with E-state index in [4.69, 9.17) is 5.73 Å². The molecule has 5 N–H and O–H groups in total. The molecule has 1 amide bonds. The summed E-state index contributed by atoms with van der Waals surface area (Å²) in [5, 5.41) is 18.9. The summed E-state index contributed by atoms with van der Waals surface area (Å²) < 4.78 is 0. The summed E-state index contributed by atoms with van der Waals surface area (Å²) in [4.78, 5) is 12.2. The second-order valence-corrected chi connectivity index (χ2v) is 4.86. The molecule has 2 aromatic rings. The van der Waals surface area contributed by atoms with E-state index < -0.39 is 0 Å². The van der Waals surface area contributed by atoms with E-state index in [1.807, 2.05) is 37.3 Å². The quantitative estimate of drug-likeness (QED) is 0.633. The lowest BCUT2D eigenvalue weighted by molar-refractivity contribution is 0.0912. The van der Waals surface area contributed by atoms with Gasteiger partial charge in [0, 0.05) is 0 Å². The molecule has 0 bridgehead atoms. The number of nitrogens with zero attached hydrogens (tertiary/aromatic N) is 1. The molecule has 6 heteroatoms. The van der Waals surface area contributed by atoms with Gasteiger partial charge in [0.2, 0.25) is 0 Å². The van der Waals surface area contributed by atoms with Crippen LogP contribution in [-0.4, -0.2) is 33.9 Å². The van der Waals surface area contributed by atoms with Gasteiger partial charge in [-0.3, -0.25) is 9.89 Å². The first-order chi connectivity index (χ1) is 10.2. The first kappa shape index (κ1) is 15.1. The van der Waals surface area contributed by atoms with Crippen molar-refractivity contribution in [2.24, 2.45) is 0 Å². The number of hydrogen-bond donors (Lipinski definition) is 4. The maximum atomic E-state index is 12.2. The van der Waals surface area contributed by atoms with Gasteiger partial charge in [0.15, 0.2) is 5.69 Å². The standard InChI is InChI=1S/C15H20N4O2/c1-2-12-13(16)14(19-18-12)15(21)17-11(9-20)8-10-6-4-3-5-7-10/h3-7,11,20H,2,8-9,16H2,1H3,(H,17,21)(H,18,19)/t11-/m0/s1. The first-order valence-corrected chi connectivity index (χ1v) is 6.94. The molecule has 1 heterocycles.